The van der Waals surface area contributed by atoms with Crippen molar-refractivity contribution in [2.24, 2.45) is 0 Å². The van der Waals surface area contributed by atoms with Crippen LogP contribution >= 0.6 is 11.6 Å². The number of rotatable bonds is 5. The summed E-state index contributed by atoms with van der Waals surface area (Å²) in [6, 6.07) is 17.3. The number of carbonyl (C=O) groups is 1. The Bertz CT molecular complexity index is 994. The lowest BCUT2D eigenvalue weighted by Gasteiger charge is -2.35. The first-order valence-electron chi connectivity index (χ1n) is 9.71. The Hall–Kier alpha value is -2.83. The van der Waals surface area contributed by atoms with E-state index in [1.807, 2.05) is 30.3 Å². The molecule has 0 bridgehead atoms. The molecule has 0 aliphatic carbocycles. The third-order valence-electron chi connectivity index (χ3n) is 5.17. The average Bonchev–Trinajstić information content (AvgIpc) is 3.23. The Morgan fingerprint density at radius 2 is 1.86 bits per heavy atom. The van der Waals surface area contributed by atoms with E-state index in [1.165, 1.54) is 5.69 Å². The number of hydrogen-bond donors (Lipinski definition) is 1. The van der Waals surface area contributed by atoms with E-state index < -0.39 is 0 Å². The van der Waals surface area contributed by atoms with Crippen molar-refractivity contribution in [3.05, 3.63) is 77.1 Å². The number of likely N-dealkylation sites (N-methyl/N-ethyl adjacent to an activating group) is 1. The van der Waals surface area contributed by atoms with Crippen molar-refractivity contribution in [1.29, 1.82) is 0 Å². The van der Waals surface area contributed by atoms with E-state index in [-0.39, 0.29) is 5.91 Å². The van der Waals surface area contributed by atoms with Gasteiger partial charge in [-0.2, -0.15) is 5.10 Å². The first kappa shape index (κ1) is 19.5. The molecule has 1 aromatic heterocycles. The number of piperazine rings is 1. The van der Waals surface area contributed by atoms with Crippen LogP contribution in [-0.2, 0) is 6.54 Å². The summed E-state index contributed by atoms with van der Waals surface area (Å²) in [6.45, 7) is 4.53. The molecule has 0 saturated carbocycles. The second-order valence-electron chi connectivity index (χ2n) is 7.23. The van der Waals surface area contributed by atoms with Gasteiger partial charge in [0.1, 0.15) is 0 Å². The number of nitrogens with one attached hydrogen (secondary N) is 1. The molecule has 0 unspecified atom stereocenters. The van der Waals surface area contributed by atoms with Gasteiger partial charge in [0.05, 0.1) is 5.69 Å². The van der Waals surface area contributed by atoms with Crippen LogP contribution < -0.4 is 10.2 Å². The van der Waals surface area contributed by atoms with Gasteiger partial charge in [0.2, 0.25) is 0 Å². The number of carbonyl (C=O) groups excluding carboxylic acids is 1. The van der Waals surface area contributed by atoms with Crippen LogP contribution in [0, 0.1) is 0 Å². The molecule has 2 heterocycles. The van der Waals surface area contributed by atoms with Crippen molar-refractivity contribution >= 4 is 23.2 Å². The number of amides is 1. The summed E-state index contributed by atoms with van der Waals surface area (Å²) in [4.78, 5) is 17.3. The van der Waals surface area contributed by atoms with Crippen molar-refractivity contribution in [3.8, 4) is 5.69 Å². The molecule has 0 spiro atoms. The molecule has 1 aliphatic heterocycles. The largest absolute Gasteiger partial charge is 0.369 e. The molecule has 4 rings (SSSR count). The fourth-order valence-electron chi connectivity index (χ4n) is 3.49. The van der Waals surface area contributed by atoms with Gasteiger partial charge in [0, 0.05) is 49.6 Å². The van der Waals surface area contributed by atoms with Gasteiger partial charge in [-0.05, 0) is 42.9 Å². The van der Waals surface area contributed by atoms with Gasteiger partial charge in [-0.3, -0.25) is 4.79 Å². The molecular formula is C22H24ClN5O. The molecular weight excluding hydrogens is 386 g/mol. The lowest BCUT2D eigenvalue weighted by atomic mass is 10.1. The molecule has 0 radical (unpaired) electrons. The first-order valence-corrected chi connectivity index (χ1v) is 10.1. The summed E-state index contributed by atoms with van der Waals surface area (Å²) in [5, 5.41) is 8.02. The number of nitrogens with zero attached hydrogens (tertiary/aromatic N) is 4. The molecule has 29 heavy (non-hydrogen) atoms. The van der Waals surface area contributed by atoms with Gasteiger partial charge in [-0.25, -0.2) is 4.68 Å². The molecule has 3 aromatic rings. The lowest BCUT2D eigenvalue weighted by molar-refractivity contribution is 0.0945. The molecule has 7 heteroatoms. The lowest BCUT2D eigenvalue weighted by Crippen LogP contribution is -2.45. The van der Waals surface area contributed by atoms with Gasteiger partial charge >= 0.3 is 0 Å². The van der Waals surface area contributed by atoms with Crippen LogP contribution in [0.3, 0.4) is 0 Å². The van der Waals surface area contributed by atoms with Crippen molar-refractivity contribution in [2.75, 3.05) is 38.1 Å². The summed E-state index contributed by atoms with van der Waals surface area (Å²) in [7, 11) is 2.14. The van der Waals surface area contributed by atoms with Gasteiger partial charge < -0.3 is 15.1 Å². The van der Waals surface area contributed by atoms with Gasteiger partial charge in [-0.1, -0.05) is 35.9 Å². The van der Waals surface area contributed by atoms with E-state index in [9.17, 15) is 4.79 Å². The van der Waals surface area contributed by atoms with E-state index in [0.717, 1.165) is 37.4 Å². The standard InChI is InChI=1S/C22H24ClN5O/c1-26-11-13-27(14-12-26)21-8-3-2-5-17(21)16-24-22(29)20-9-10-28(25-20)19-7-4-6-18(23)15-19/h2-10,15H,11-14,16H2,1H3,(H,24,29). The molecule has 1 N–H and O–H groups in total. The van der Waals surface area contributed by atoms with Crippen LogP contribution in [0.25, 0.3) is 5.69 Å². The van der Waals surface area contributed by atoms with Crippen molar-refractivity contribution in [2.45, 2.75) is 6.54 Å². The van der Waals surface area contributed by atoms with Crippen LogP contribution in [0.1, 0.15) is 16.1 Å². The summed E-state index contributed by atoms with van der Waals surface area (Å²) in [5.74, 6) is -0.195. The van der Waals surface area contributed by atoms with Crippen LogP contribution in [0.4, 0.5) is 5.69 Å². The molecule has 150 valence electrons. The highest BCUT2D eigenvalue weighted by molar-refractivity contribution is 6.30. The van der Waals surface area contributed by atoms with Gasteiger partial charge in [-0.15, -0.1) is 0 Å². The third kappa shape index (κ3) is 4.60. The summed E-state index contributed by atoms with van der Waals surface area (Å²) in [6.07, 6.45) is 1.76. The minimum absolute atomic E-state index is 0.195. The molecule has 1 amide bonds. The van der Waals surface area contributed by atoms with Crippen molar-refractivity contribution in [3.63, 3.8) is 0 Å². The topological polar surface area (TPSA) is 53.4 Å². The maximum Gasteiger partial charge on any atom is 0.272 e. The molecule has 1 aliphatic rings. The fraction of sp³-hybridized carbons (Fsp3) is 0.273. The summed E-state index contributed by atoms with van der Waals surface area (Å²) >= 11 is 6.04. The van der Waals surface area contributed by atoms with E-state index in [2.05, 4.69) is 39.4 Å². The first-order chi connectivity index (χ1) is 14.1. The maximum absolute atomic E-state index is 12.6. The fourth-order valence-corrected chi connectivity index (χ4v) is 3.67. The van der Waals surface area contributed by atoms with Crippen LogP contribution in [0.15, 0.2) is 60.8 Å². The number of para-hydroxylation sites is 1. The van der Waals surface area contributed by atoms with E-state index in [0.29, 0.717) is 17.3 Å². The number of anilines is 1. The Balaban J connectivity index is 1.43. The van der Waals surface area contributed by atoms with Gasteiger partial charge in [0.15, 0.2) is 5.69 Å². The highest BCUT2D eigenvalue weighted by atomic mass is 35.5. The van der Waals surface area contributed by atoms with E-state index >= 15 is 0 Å². The molecule has 6 nitrogen and oxygen atoms in total. The van der Waals surface area contributed by atoms with Crippen LogP contribution in [0.5, 0.6) is 0 Å². The van der Waals surface area contributed by atoms with Crippen molar-refractivity contribution < 1.29 is 4.79 Å². The quantitative estimate of drug-likeness (QED) is 0.703. The van der Waals surface area contributed by atoms with Gasteiger partial charge in [0.25, 0.3) is 5.91 Å². The zero-order valence-corrected chi connectivity index (χ0v) is 17.1. The van der Waals surface area contributed by atoms with E-state index in [1.54, 1.807) is 23.0 Å². The Kier molecular flexibility index (Phi) is 5.83. The van der Waals surface area contributed by atoms with E-state index in [4.69, 9.17) is 11.6 Å². The highest BCUT2D eigenvalue weighted by Crippen LogP contribution is 2.22. The molecule has 1 saturated heterocycles. The number of halogens is 1. The predicted molar refractivity (Wildman–Crippen MR) is 116 cm³/mol. The average molecular weight is 410 g/mol. The predicted octanol–water partition coefficient (Wildman–Crippen LogP) is 3.21. The van der Waals surface area contributed by atoms with Crippen LogP contribution in [0.2, 0.25) is 5.02 Å². The Labute approximate surface area is 175 Å². The smallest absolute Gasteiger partial charge is 0.272 e. The number of benzene rings is 2. The summed E-state index contributed by atoms with van der Waals surface area (Å²) in [5.41, 5.74) is 3.49. The second kappa shape index (κ2) is 8.68. The summed E-state index contributed by atoms with van der Waals surface area (Å²) < 4.78 is 1.65. The Morgan fingerprint density at radius 3 is 2.66 bits per heavy atom. The van der Waals surface area contributed by atoms with Crippen LogP contribution in [-0.4, -0.2) is 53.8 Å². The molecule has 1 fully saturated rings. The highest BCUT2D eigenvalue weighted by Gasteiger charge is 2.17. The zero-order valence-electron chi connectivity index (χ0n) is 16.4. The minimum Gasteiger partial charge on any atom is -0.369 e. The zero-order chi connectivity index (χ0) is 20.2. The normalized spacial score (nSPS) is 14.8. The molecule has 2 aromatic carbocycles. The third-order valence-corrected chi connectivity index (χ3v) is 5.40. The van der Waals surface area contributed by atoms with Crippen molar-refractivity contribution in [1.82, 2.24) is 20.0 Å². The molecule has 0 atom stereocenters. The Morgan fingerprint density at radius 1 is 1.07 bits per heavy atom. The number of aromatic nitrogens is 2. The maximum atomic E-state index is 12.6. The second-order valence-corrected chi connectivity index (χ2v) is 7.66. The monoisotopic (exact) mass is 409 g/mol. The number of hydrogen-bond acceptors (Lipinski definition) is 4. The minimum atomic E-state index is -0.195. The SMILES string of the molecule is CN1CCN(c2ccccc2CNC(=O)c2ccn(-c3cccc(Cl)c3)n2)CC1.